The summed E-state index contributed by atoms with van der Waals surface area (Å²) in [4.78, 5) is 134. The van der Waals surface area contributed by atoms with Crippen molar-refractivity contribution in [1.29, 1.82) is 0 Å². The van der Waals surface area contributed by atoms with Gasteiger partial charge in [-0.25, -0.2) is 4.79 Å². The van der Waals surface area contributed by atoms with Gasteiger partial charge in [-0.05, 0) is 95.0 Å². The maximum Gasteiger partial charge on any atom is 0.328 e. The average Bonchev–Trinajstić information content (AvgIpc) is 3.87. The number of nitrogens with two attached hydrogens (primary N) is 3. The van der Waals surface area contributed by atoms with Crippen LogP contribution in [0, 0.1) is 5.92 Å². The van der Waals surface area contributed by atoms with Crippen LogP contribution in [0.3, 0.4) is 0 Å². The molecule has 1 aromatic carbocycles. The Bertz CT molecular complexity index is 2010. The van der Waals surface area contributed by atoms with E-state index in [0.29, 0.717) is 44.1 Å². The third-order valence-electron chi connectivity index (χ3n) is 12.2. The summed E-state index contributed by atoms with van der Waals surface area (Å²) in [6.45, 7) is 2.21. The number of nitrogens with zero attached hydrogens (tertiary/aromatic N) is 1. The number of carbonyl (C=O) groups is 10. The van der Waals surface area contributed by atoms with Crippen molar-refractivity contribution in [2.24, 2.45) is 23.1 Å². The highest BCUT2D eigenvalue weighted by Gasteiger charge is 2.38. The number of aliphatic carboxylic acids is 1. The quantitative estimate of drug-likeness (QED) is 0.0292. The molecule has 0 spiro atoms. The molecular formula is C46H76N12O15. The van der Waals surface area contributed by atoms with Gasteiger partial charge in [0.15, 0.2) is 0 Å². The standard InChI is InChI=1S/C46H76N12O15/c1-4-25(2)37(45(71)55-33(23-60)43(69)52-29(10-5-7-17-47)39(65)51-30(11-6-8-18-48)40(66)56-34(24-61)46(72)73)57-41(67)31(20-27-13-15-28(62)16-14-27)53-38(64)26(3)50-42(68)32(22-59)54-44(70)35-12-9-19-58(35)36(63)21-49/h13-16,25-26,29-35,37,59-62H,4-12,17-24,47-49H2,1-3H3,(H,50,68)(H,51,65)(H,52,69)(H,53,64)(H,54,70)(H,55,71)(H,56,66)(H,57,67)(H,72,73)/t25-,26+,29-,30-,31-,32-,33-,34-,35-,37-/m0/s1. The summed E-state index contributed by atoms with van der Waals surface area (Å²) in [5.41, 5.74) is 17.2. The number of amides is 9. The Balaban J connectivity index is 2.31. The van der Waals surface area contributed by atoms with Gasteiger partial charge in [0.1, 0.15) is 60.1 Å². The molecule has 27 nitrogen and oxygen atoms in total. The van der Waals surface area contributed by atoms with Gasteiger partial charge in [-0.15, -0.1) is 0 Å². The van der Waals surface area contributed by atoms with Gasteiger partial charge in [-0.3, -0.25) is 43.2 Å². The van der Waals surface area contributed by atoms with Gasteiger partial charge in [-0.2, -0.15) is 0 Å². The summed E-state index contributed by atoms with van der Waals surface area (Å²) in [6.07, 6.45) is 2.36. The molecule has 2 rings (SSSR count). The van der Waals surface area contributed by atoms with Crippen molar-refractivity contribution in [3.8, 4) is 5.75 Å². The minimum atomic E-state index is -1.71. The van der Waals surface area contributed by atoms with Gasteiger partial charge >= 0.3 is 5.97 Å². The number of carboxylic acid groups (broad SMARTS) is 1. The molecule has 10 atom stereocenters. The number of carboxylic acids is 1. The monoisotopic (exact) mass is 1040 g/mol. The Labute approximate surface area is 423 Å². The van der Waals surface area contributed by atoms with Crippen molar-refractivity contribution < 1.29 is 73.5 Å². The van der Waals surface area contributed by atoms with E-state index in [2.05, 4.69) is 42.5 Å². The first kappa shape index (κ1) is 62.6. The number of likely N-dealkylation sites (tertiary alicyclic amines) is 1. The van der Waals surface area contributed by atoms with Crippen molar-refractivity contribution in [3.05, 3.63) is 29.8 Å². The number of benzene rings is 1. The summed E-state index contributed by atoms with van der Waals surface area (Å²) in [5.74, 6) is -10.0. The largest absolute Gasteiger partial charge is 0.508 e. The normalized spacial score (nSPS) is 16.9. The number of phenolic OH excluding ortho intramolecular Hbond substituents is 1. The van der Waals surface area contributed by atoms with Gasteiger partial charge in [0, 0.05) is 13.0 Å². The summed E-state index contributed by atoms with van der Waals surface area (Å²) in [7, 11) is 0. The molecule has 27 heteroatoms. The van der Waals surface area contributed by atoms with Crippen molar-refractivity contribution in [1.82, 2.24) is 47.4 Å². The van der Waals surface area contributed by atoms with E-state index in [-0.39, 0.29) is 57.6 Å². The van der Waals surface area contributed by atoms with Gasteiger partial charge in [0.2, 0.25) is 53.2 Å². The van der Waals surface area contributed by atoms with Crippen LogP contribution in [0.15, 0.2) is 24.3 Å². The third kappa shape index (κ3) is 20.5. The van der Waals surface area contributed by atoms with Gasteiger partial charge in [0.25, 0.3) is 0 Å². The molecule has 0 bridgehead atoms. The number of hydrogen-bond acceptors (Lipinski definition) is 17. The number of aromatic hydroxyl groups is 1. The predicted octanol–water partition coefficient (Wildman–Crippen LogP) is -5.85. The molecule has 73 heavy (non-hydrogen) atoms. The smallest absolute Gasteiger partial charge is 0.328 e. The number of rotatable bonds is 33. The molecule has 1 aliphatic heterocycles. The molecule has 1 heterocycles. The summed E-state index contributed by atoms with van der Waals surface area (Å²) < 4.78 is 0. The van der Waals surface area contributed by atoms with E-state index in [1.54, 1.807) is 13.8 Å². The maximum atomic E-state index is 14.2. The molecule has 1 fully saturated rings. The Kier molecular flexibility index (Phi) is 27.9. The number of unbranched alkanes of at least 4 members (excludes halogenated alkanes) is 2. The lowest BCUT2D eigenvalue weighted by Gasteiger charge is -2.29. The van der Waals surface area contributed by atoms with Crippen LogP contribution in [0.4, 0.5) is 0 Å². The maximum absolute atomic E-state index is 14.2. The molecule has 1 saturated heterocycles. The molecule has 1 aliphatic rings. The van der Waals surface area contributed by atoms with E-state index in [9.17, 15) is 73.5 Å². The molecule has 19 N–H and O–H groups in total. The molecule has 1 aromatic rings. The van der Waals surface area contributed by atoms with Crippen molar-refractivity contribution in [2.75, 3.05) is 46.0 Å². The second kappa shape index (κ2) is 32.5. The molecule has 0 aromatic heterocycles. The van der Waals surface area contributed by atoms with Crippen molar-refractivity contribution >= 4 is 59.1 Å². The summed E-state index contributed by atoms with van der Waals surface area (Å²) in [5, 5.41) is 68.5. The number of nitrogens with one attached hydrogen (secondary N) is 8. The minimum absolute atomic E-state index is 0.0105. The highest BCUT2D eigenvalue weighted by Crippen LogP contribution is 2.18. The van der Waals surface area contributed by atoms with E-state index >= 15 is 0 Å². The molecule has 0 saturated carbocycles. The topological polar surface area (TPSA) is 449 Å². The zero-order valence-corrected chi connectivity index (χ0v) is 41.6. The van der Waals surface area contributed by atoms with Crippen LogP contribution < -0.4 is 59.7 Å². The number of carbonyl (C=O) groups excluding carboxylic acids is 9. The first-order valence-corrected chi connectivity index (χ1v) is 24.4. The van der Waals surface area contributed by atoms with E-state index in [4.69, 9.17) is 17.2 Å². The Morgan fingerprint density at radius 1 is 0.603 bits per heavy atom. The van der Waals surface area contributed by atoms with Crippen LogP contribution >= 0.6 is 0 Å². The SMILES string of the molecule is CC[C@H](C)[C@H](NC(=O)[C@H](Cc1ccc(O)cc1)NC(=O)[C@@H](C)NC(=O)[C@H](CO)NC(=O)[C@@H]1CCCN1C(=O)CN)C(=O)N[C@@H](CO)C(=O)N[C@@H](CCCCN)C(=O)N[C@@H](CCCCN)C(=O)N[C@@H](CO)C(=O)O. The Morgan fingerprint density at radius 2 is 1.07 bits per heavy atom. The van der Waals surface area contributed by atoms with Crippen LogP contribution in [0.5, 0.6) is 5.75 Å². The second-order valence-corrected chi connectivity index (χ2v) is 17.7. The number of hydrogen-bond donors (Lipinski definition) is 16. The molecule has 410 valence electrons. The van der Waals surface area contributed by atoms with Crippen molar-refractivity contribution in [3.63, 3.8) is 0 Å². The third-order valence-corrected chi connectivity index (χ3v) is 12.2. The first-order chi connectivity index (χ1) is 34.7. The number of aliphatic hydroxyl groups excluding tert-OH is 3. The summed E-state index contributed by atoms with van der Waals surface area (Å²) >= 11 is 0. The van der Waals surface area contributed by atoms with E-state index < -0.39 is 139 Å². The van der Waals surface area contributed by atoms with Crippen molar-refractivity contribution in [2.45, 2.75) is 139 Å². The van der Waals surface area contributed by atoms with Crippen LogP contribution in [0.25, 0.3) is 0 Å². The molecule has 0 unspecified atom stereocenters. The second-order valence-electron chi connectivity index (χ2n) is 17.7. The van der Waals surface area contributed by atoms with E-state index in [1.807, 2.05) is 0 Å². The number of phenols is 1. The molecular weight excluding hydrogens is 961 g/mol. The van der Waals surface area contributed by atoms with Crippen LogP contribution in [0.2, 0.25) is 0 Å². The van der Waals surface area contributed by atoms with Gasteiger partial charge in [0.05, 0.1) is 26.4 Å². The predicted molar refractivity (Wildman–Crippen MR) is 261 cm³/mol. The zero-order valence-electron chi connectivity index (χ0n) is 41.6. The number of aliphatic hydroxyl groups is 3. The Hall–Kier alpha value is -6.52. The lowest BCUT2D eigenvalue weighted by Crippen LogP contribution is -2.62. The highest BCUT2D eigenvalue weighted by molar-refractivity contribution is 5.98. The zero-order chi connectivity index (χ0) is 54.8. The first-order valence-electron chi connectivity index (χ1n) is 24.4. The van der Waals surface area contributed by atoms with Gasteiger partial charge in [-0.1, -0.05) is 32.4 Å². The molecule has 0 radical (unpaired) electrons. The molecule has 9 amide bonds. The van der Waals surface area contributed by atoms with E-state index in [1.165, 1.54) is 36.1 Å². The highest BCUT2D eigenvalue weighted by atomic mass is 16.4. The average molecular weight is 1040 g/mol. The lowest BCUT2D eigenvalue weighted by molar-refractivity contribution is -0.143. The molecule has 0 aliphatic carbocycles. The van der Waals surface area contributed by atoms with Crippen LogP contribution in [-0.2, 0) is 54.4 Å². The lowest BCUT2D eigenvalue weighted by atomic mass is 9.96. The fourth-order valence-corrected chi connectivity index (χ4v) is 7.61. The van der Waals surface area contributed by atoms with E-state index in [0.717, 1.165) is 0 Å². The minimum Gasteiger partial charge on any atom is -0.508 e. The van der Waals surface area contributed by atoms with Crippen LogP contribution in [-0.4, -0.2) is 190 Å². The Morgan fingerprint density at radius 3 is 1.56 bits per heavy atom. The summed E-state index contributed by atoms with van der Waals surface area (Å²) in [6, 6.07) is -7.16. The fraction of sp³-hybridized carbons (Fsp3) is 0.652. The fourth-order valence-electron chi connectivity index (χ4n) is 7.61. The van der Waals surface area contributed by atoms with Crippen LogP contribution in [0.1, 0.15) is 84.1 Å². The van der Waals surface area contributed by atoms with Gasteiger partial charge < -0.3 is 90.2 Å².